The summed E-state index contributed by atoms with van der Waals surface area (Å²) in [5, 5.41) is 9.29. The summed E-state index contributed by atoms with van der Waals surface area (Å²) in [5.41, 5.74) is 2.31. The molecule has 0 saturated carbocycles. The summed E-state index contributed by atoms with van der Waals surface area (Å²) in [6.45, 7) is 0.725. The van der Waals surface area contributed by atoms with E-state index in [9.17, 15) is 9.90 Å². The number of carboxylic acids is 1. The largest absolute Gasteiger partial charge is 0.481 e. The summed E-state index contributed by atoms with van der Waals surface area (Å²) >= 11 is 0. The van der Waals surface area contributed by atoms with E-state index < -0.39 is 11.9 Å². The van der Waals surface area contributed by atoms with Crippen molar-refractivity contribution in [1.82, 2.24) is 0 Å². The van der Waals surface area contributed by atoms with E-state index in [-0.39, 0.29) is 6.61 Å². The van der Waals surface area contributed by atoms with E-state index in [4.69, 9.17) is 4.74 Å². The predicted octanol–water partition coefficient (Wildman–Crippen LogP) is 3.93. The monoisotopic (exact) mass is 298 g/mol. The lowest BCUT2D eigenvalue weighted by molar-refractivity contribution is -0.144. The summed E-state index contributed by atoms with van der Waals surface area (Å²) in [6, 6.07) is 20.0. The van der Waals surface area contributed by atoms with E-state index in [1.54, 1.807) is 0 Å². The van der Waals surface area contributed by atoms with Crippen molar-refractivity contribution in [3.63, 3.8) is 0 Å². The van der Waals surface area contributed by atoms with Crippen LogP contribution in [-0.2, 0) is 22.6 Å². The first-order valence-electron chi connectivity index (χ1n) is 7.64. The molecule has 0 heterocycles. The van der Waals surface area contributed by atoms with Crippen molar-refractivity contribution in [3.05, 3.63) is 71.8 Å². The second-order valence-electron chi connectivity index (χ2n) is 5.41. The summed E-state index contributed by atoms with van der Waals surface area (Å²) in [7, 11) is 0. The molecule has 0 aliphatic heterocycles. The lowest BCUT2D eigenvalue weighted by atomic mass is 10.0. The van der Waals surface area contributed by atoms with Crippen molar-refractivity contribution < 1.29 is 14.6 Å². The van der Waals surface area contributed by atoms with E-state index in [1.807, 2.05) is 48.5 Å². The Kier molecular flexibility index (Phi) is 6.65. The van der Waals surface area contributed by atoms with Crippen molar-refractivity contribution in [3.8, 4) is 0 Å². The quantitative estimate of drug-likeness (QED) is 0.763. The van der Waals surface area contributed by atoms with Gasteiger partial charge in [0.25, 0.3) is 0 Å². The molecule has 0 bridgehead atoms. The van der Waals surface area contributed by atoms with Gasteiger partial charge in [0.15, 0.2) is 0 Å². The van der Waals surface area contributed by atoms with Crippen molar-refractivity contribution in [2.24, 2.45) is 5.92 Å². The fourth-order valence-electron chi connectivity index (χ4n) is 2.37. The highest BCUT2D eigenvalue weighted by atomic mass is 16.5. The minimum Gasteiger partial charge on any atom is -0.481 e. The molecule has 0 aromatic heterocycles. The van der Waals surface area contributed by atoms with Gasteiger partial charge in [0.1, 0.15) is 0 Å². The van der Waals surface area contributed by atoms with Crippen LogP contribution in [0.1, 0.15) is 24.0 Å². The van der Waals surface area contributed by atoms with Gasteiger partial charge < -0.3 is 9.84 Å². The highest BCUT2D eigenvalue weighted by Gasteiger charge is 2.17. The first-order chi connectivity index (χ1) is 10.8. The molecule has 22 heavy (non-hydrogen) atoms. The Hall–Kier alpha value is -2.13. The lowest BCUT2D eigenvalue weighted by Gasteiger charge is -2.13. The Morgan fingerprint density at radius 2 is 1.55 bits per heavy atom. The van der Waals surface area contributed by atoms with Crippen LogP contribution in [0.25, 0.3) is 0 Å². The third-order valence-corrected chi connectivity index (χ3v) is 3.64. The second kappa shape index (κ2) is 9.00. The molecule has 1 N–H and O–H groups in total. The molecular formula is C19H22O3. The van der Waals surface area contributed by atoms with E-state index in [0.29, 0.717) is 13.0 Å². The third kappa shape index (κ3) is 5.70. The topological polar surface area (TPSA) is 46.5 Å². The number of benzene rings is 2. The lowest BCUT2D eigenvalue weighted by Crippen LogP contribution is -2.20. The standard InChI is InChI=1S/C19H22O3/c20-19(21)18(13-7-12-16-8-3-1-4-9-16)15-22-14-17-10-5-2-6-11-17/h1-6,8-11,18H,7,12-15H2,(H,20,21)/t18-/m1/s1. The molecule has 0 unspecified atom stereocenters. The molecule has 0 amide bonds. The Bertz CT molecular complexity index is 506. The zero-order valence-corrected chi connectivity index (χ0v) is 12.7. The Morgan fingerprint density at radius 3 is 2.14 bits per heavy atom. The van der Waals surface area contributed by atoms with Gasteiger partial charge in [-0.15, -0.1) is 0 Å². The minimum absolute atomic E-state index is 0.263. The van der Waals surface area contributed by atoms with Crippen LogP contribution in [0.5, 0.6) is 0 Å². The maximum absolute atomic E-state index is 11.3. The Labute approximate surface area is 131 Å². The predicted molar refractivity (Wildman–Crippen MR) is 86.6 cm³/mol. The number of hydrogen-bond donors (Lipinski definition) is 1. The Morgan fingerprint density at radius 1 is 0.955 bits per heavy atom. The smallest absolute Gasteiger partial charge is 0.308 e. The van der Waals surface area contributed by atoms with Crippen LogP contribution >= 0.6 is 0 Å². The first-order valence-corrected chi connectivity index (χ1v) is 7.64. The average molecular weight is 298 g/mol. The van der Waals surface area contributed by atoms with Crippen LogP contribution < -0.4 is 0 Å². The summed E-state index contributed by atoms with van der Waals surface area (Å²) in [5.74, 6) is -1.21. The van der Waals surface area contributed by atoms with Crippen LogP contribution in [-0.4, -0.2) is 17.7 Å². The van der Waals surface area contributed by atoms with Gasteiger partial charge >= 0.3 is 5.97 Å². The number of ether oxygens (including phenoxy) is 1. The number of hydrogen-bond acceptors (Lipinski definition) is 2. The van der Waals surface area contributed by atoms with Gasteiger partial charge in [0, 0.05) is 0 Å². The molecule has 0 fully saturated rings. The van der Waals surface area contributed by atoms with Crippen molar-refractivity contribution in [1.29, 1.82) is 0 Å². The van der Waals surface area contributed by atoms with Crippen LogP contribution in [0, 0.1) is 5.92 Å². The summed E-state index contributed by atoms with van der Waals surface area (Å²) in [6.07, 6.45) is 2.40. The normalized spacial score (nSPS) is 12.0. The molecule has 0 spiro atoms. The molecule has 3 nitrogen and oxygen atoms in total. The summed E-state index contributed by atoms with van der Waals surface area (Å²) < 4.78 is 5.57. The third-order valence-electron chi connectivity index (χ3n) is 3.64. The van der Waals surface area contributed by atoms with E-state index in [0.717, 1.165) is 18.4 Å². The fourth-order valence-corrected chi connectivity index (χ4v) is 2.37. The van der Waals surface area contributed by atoms with Gasteiger partial charge in [0.2, 0.25) is 0 Å². The molecule has 0 radical (unpaired) electrons. The highest BCUT2D eigenvalue weighted by Crippen LogP contribution is 2.13. The van der Waals surface area contributed by atoms with E-state index >= 15 is 0 Å². The van der Waals surface area contributed by atoms with Crippen LogP contribution in [0.2, 0.25) is 0 Å². The molecule has 2 aromatic rings. The van der Waals surface area contributed by atoms with Gasteiger partial charge in [-0.2, -0.15) is 0 Å². The maximum atomic E-state index is 11.3. The number of carboxylic acid groups (broad SMARTS) is 1. The molecule has 2 aromatic carbocycles. The highest BCUT2D eigenvalue weighted by molar-refractivity contribution is 5.70. The molecule has 2 rings (SSSR count). The van der Waals surface area contributed by atoms with Crippen LogP contribution in [0.3, 0.4) is 0 Å². The van der Waals surface area contributed by atoms with Gasteiger partial charge in [-0.05, 0) is 30.4 Å². The molecule has 1 atom stereocenters. The zero-order valence-electron chi connectivity index (χ0n) is 12.7. The van der Waals surface area contributed by atoms with Crippen LogP contribution in [0.15, 0.2) is 60.7 Å². The van der Waals surface area contributed by atoms with Gasteiger partial charge in [0.05, 0.1) is 19.1 Å². The minimum atomic E-state index is -0.777. The Balaban J connectivity index is 1.72. The second-order valence-corrected chi connectivity index (χ2v) is 5.41. The van der Waals surface area contributed by atoms with Gasteiger partial charge in [-0.1, -0.05) is 60.7 Å². The maximum Gasteiger partial charge on any atom is 0.308 e. The first kappa shape index (κ1) is 16.2. The summed E-state index contributed by atoms with van der Waals surface area (Å²) in [4.78, 5) is 11.3. The van der Waals surface area contributed by atoms with Gasteiger partial charge in [-0.25, -0.2) is 0 Å². The fraction of sp³-hybridized carbons (Fsp3) is 0.316. The number of carbonyl (C=O) groups is 1. The molecular weight excluding hydrogens is 276 g/mol. The number of aliphatic carboxylic acids is 1. The molecule has 0 aliphatic rings. The van der Waals surface area contributed by atoms with Crippen molar-refractivity contribution >= 4 is 5.97 Å². The van der Waals surface area contributed by atoms with E-state index in [2.05, 4.69) is 12.1 Å². The SMILES string of the molecule is O=C(O)[C@H](CCCc1ccccc1)COCc1ccccc1. The molecule has 0 aliphatic carbocycles. The molecule has 3 heteroatoms. The molecule has 0 saturated heterocycles. The zero-order chi connectivity index (χ0) is 15.6. The van der Waals surface area contributed by atoms with Crippen molar-refractivity contribution in [2.75, 3.05) is 6.61 Å². The molecule has 116 valence electrons. The number of rotatable bonds is 9. The average Bonchev–Trinajstić information content (AvgIpc) is 2.55. The van der Waals surface area contributed by atoms with Gasteiger partial charge in [-0.3, -0.25) is 4.79 Å². The van der Waals surface area contributed by atoms with E-state index in [1.165, 1.54) is 5.56 Å². The number of aryl methyl sites for hydroxylation is 1. The van der Waals surface area contributed by atoms with Crippen molar-refractivity contribution in [2.45, 2.75) is 25.9 Å². The van der Waals surface area contributed by atoms with Crippen LogP contribution in [0.4, 0.5) is 0 Å².